The van der Waals surface area contributed by atoms with Gasteiger partial charge < -0.3 is 9.47 Å². The van der Waals surface area contributed by atoms with Gasteiger partial charge in [-0.3, -0.25) is 9.59 Å². The molecule has 0 unspecified atom stereocenters. The van der Waals surface area contributed by atoms with Crippen LogP contribution in [-0.2, 0) is 19.1 Å². The summed E-state index contributed by atoms with van der Waals surface area (Å²) in [5.74, 6) is 0.176. The maximum atomic E-state index is 12.5. The summed E-state index contributed by atoms with van der Waals surface area (Å²) in [6, 6.07) is 0. The van der Waals surface area contributed by atoms with Crippen LogP contribution in [0, 0.1) is 11.3 Å². The monoisotopic (exact) mass is 372 g/mol. The molecule has 2 atom stereocenters. The van der Waals surface area contributed by atoms with Crippen molar-refractivity contribution in [1.82, 2.24) is 0 Å². The summed E-state index contributed by atoms with van der Waals surface area (Å²) in [4.78, 5) is 24.6. The predicted octanol–water partition coefficient (Wildman–Crippen LogP) is 5.07. The van der Waals surface area contributed by atoms with Crippen molar-refractivity contribution >= 4 is 11.6 Å². The van der Waals surface area contributed by atoms with Crippen molar-refractivity contribution in [3.63, 3.8) is 0 Å². The number of hydrogen-bond donors (Lipinski definition) is 0. The van der Waals surface area contributed by atoms with Crippen LogP contribution >= 0.6 is 0 Å². The number of hydrogen-bond acceptors (Lipinski definition) is 4. The van der Waals surface area contributed by atoms with Gasteiger partial charge in [0.05, 0.1) is 19.8 Å². The van der Waals surface area contributed by atoms with Crippen LogP contribution in [-0.4, -0.2) is 25.8 Å². The average molecular weight is 373 g/mol. The van der Waals surface area contributed by atoms with Gasteiger partial charge in [-0.1, -0.05) is 44.1 Å². The van der Waals surface area contributed by atoms with Crippen LogP contribution in [0.3, 0.4) is 0 Å². The zero-order valence-corrected chi connectivity index (χ0v) is 17.3. The Morgan fingerprint density at radius 2 is 2.04 bits per heavy atom. The fraction of sp³-hybridized carbons (Fsp3) is 0.565. The molecular formula is C23H32O4. The number of carbonyl (C=O) groups is 2. The number of ether oxygens (including phenoxy) is 2. The van der Waals surface area contributed by atoms with E-state index in [0.29, 0.717) is 17.9 Å². The normalized spacial score (nSPS) is 27.0. The van der Waals surface area contributed by atoms with Crippen LogP contribution in [0.2, 0.25) is 0 Å². The highest BCUT2D eigenvalue weighted by atomic mass is 16.5. The molecule has 0 spiro atoms. The summed E-state index contributed by atoms with van der Waals surface area (Å²) in [5.41, 5.74) is 3.13. The molecule has 0 bridgehead atoms. The second-order valence-electron chi connectivity index (χ2n) is 8.05. The molecule has 1 saturated carbocycles. The molecule has 148 valence electrons. The van der Waals surface area contributed by atoms with Gasteiger partial charge in [0.2, 0.25) is 11.6 Å². The molecule has 2 aliphatic carbocycles. The number of Topliss-reactive ketones (excluding diaryl/α,β-unsaturated/α-hetero) is 1. The number of ketones is 2. The molecule has 2 aliphatic rings. The highest BCUT2D eigenvalue weighted by Crippen LogP contribution is 2.46. The third-order valence-corrected chi connectivity index (χ3v) is 6.14. The second-order valence-corrected chi connectivity index (χ2v) is 8.05. The molecule has 0 radical (unpaired) electrons. The molecule has 0 saturated heterocycles. The van der Waals surface area contributed by atoms with Gasteiger partial charge in [-0.25, -0.2) is 0 Å². The van der Waals surface area contributed by atoms with E-state index in [1.54, 1.807) is 0 Å². The van der Waals surface area contributed by atoms with Crippen LogP contribution in [0.25, 0.3) is 0 Å². The summed E-state index contributed by atoms with van der Waals surface area (Å²) < 4.78 is 10.2. The van der Waals surface area contributed by atoms with Gasteiger partial charge in [0.25, 0.3) is 0 Å². The predicted molar refractivity (Wildman–Crippen MR) is 107 cm³/mol. The summed E-state index contributed by atoms with van der Waals surface area (Å²) in [7, 11) is 2.81. The first kappa shape index (κ1) is 21.2. The molecular weight excluding hydrogens is 340 g/mol. The third-order valence-electron chi connectivity index (χ3n) is 6.14. The topological polar surface area (TPSA) is 52.6 Å². The van der Waals surface area contributed by atoms with Crippen LogP contribution in [0.1, 0.15) is 59.3 Å². The molecule has 4 nitrogen and oxygen atoms in total. The van der Waals surface area contributed by atoms with Crippen molar-refractivity contribution in [3.05, 3.63) is 47.0 Å². The van der Waals surface area contributed by atoms with Crippen molar-refractivity contribution in [3.8, 4) is 0 Å². The zero-order chi connectivity index (χ0) is 20.2. The molecule has 2 rings (SSSR count). The molecule has 0 heterocycles. The fourth-order valence-corrected chi connectivity index (χ4v) is 4.08. The molecule has 0 aromatic carbocycles. The minimum absolute atomic E-state index is 0.0712. The lowest BCUT2D eigenvalue weighted by Crippen LogP contribution is -2.27. The quantitative estimate of drug-likeness (QED) is 0.462. The lowest BCUT2D eigenvalue weighted by molar-refractivity contribution is -0.120. The smallest absolute Gasteiger partial charge is 0.227 e. The first-order valence-corrected chi connectivity index (χ1v) is 9.70. The molecule has 27 heavy (non-hydrogen) atoms. The van der Waals surface area contributed by atoms with Gasteiger partial charge in [0, 0.05) is 6.08 Å². The Morgan fingerprint density at radius 1 is 1.33 bits per heavy atom. The van der Waals surface area contributed by atoms with Gasteiger partial charge >= 0.3 is 0 Å². The van der Waals surface area contributed by atoms with Gasteiger partial charge in [-0.15, -0.1) is 0 Å². The van der Waals surface area contributed by atoms with Crippen LogP contribution < -0.4 is 0 Å². The third kappa shape index (κ3) is 4.60. The lowest BCUT2D eigenvalue weighted by Gasteiger charge is -2.40. The first-order valence-electron chi connectivity index (χ1n) is 9.70. The Bertz CT molecular complexity index is 723. The largest absolute Gasteiger partial charge is 0.493 e. The van der Waals surface area contributed by atoms with E-state index in [-0.39, 0.29) is 28.5 Å². The molecule has 0 aromatic heterocycles. The van der Waals surface area contributed by atoms with Gasteiger partial charge in [-0.05, 0) is 50.4 Å². The highest BCUT2D eigenvalue weighted by Gasteiger charge is 2.33. The van der Waals surface area contributed by atoms with Gasteiger partial charge in [0.15, 0.2) is 11.5 Å². The first-order chi connectivity index (χ1) is 12.7. The zero-order valence-electron chi connectivity index (χ0n) is 17.3. The number of allylic oxidation sites excluding steroid dienone is 5. The summed E-state index contributed by atoms with van der Waals surface area (Å²) in [6.45, 7) is 11.0. The molecule has 0 aliphatic heterocycles. The summed E-state index contributed by atoms with van der Waals surface area (Å²) in [6.07, 6.45) is 9.28. The average Bonchev–Trinajstić information content (AvgIpc) is 2.64. The number of rotatable bonds is 7. The van der Waals surface area contributed by atoms with Crippen molar-refractivity contribution < 1.29 is 19.1 Å². The molecule has 0 amide bonds. The maximum absolute atomic E-state index is 12.5. The van der Waals surface area contributed by atoms with E-state index in [0.717, 1.165) is 12.8 Å². The minimum atomic E-state index is -0.324. The summed E-state index contributed by atoms with van der Waals surface area (Å²) in [5, 5.41) is 0. The Hall–Kier alpha value is -2.10. The lowest BCUT2D eigenvalue weighted by atomic mass is 9.65. The van der Waals surface area contributed by atoms with Crippen LogP contribution in [0.4, 0.5) is 0 Å². The molecule has 4 heteroatoms. The Morgan fingerprint density at radius 3 is 2.67 bits per heavy atom. The molecule has 1 fully saturated rings. The minimum Gasteiger partial charge on any atom is -0.493 e. The summed E-state index contributed by atoms with van der Waals surface area (Å²) >= 11 is 0. The maximum Gasteiger partial charge on any atom is 0.227 e. The number of carbonyl (C=O) groups excluding carboxylic acids is 2. The van der Waals surface area contributed by atoms with Gasteiger partial charge in [-0.2, -0.15) is 0 Å². The van der Waals surface area contributed by atoms with Crippen LogP contribution in [0.5, 0.6) is 0 Å². The van der Waals surface area contributed by atoms with Crippen molar-refractivity contribution in [2.45, 2.75) is 59.3 Å². The SMILES string of the molecule is C=C1[C@H](C)CCC[C@]1(C)CC/C(C)=C/CC1=C(OC)C(=O)C=C(OC)C1=O. The standard InChI is InChI=1S/C23H32O4/c1-15(11-13-23(4)12-7-8-16(2)17(23)3)9-10-18-21(25)20(26-5)14-19(24)22(18)27-6/h9,14,16H,3,7-8,10-13H2,1-2,4-6H3/b15-9+/t16-,23-/m1/s1. The Kier molecular flexibility index (Phi) is 6.85. The van der Waals surface area contributed by atoms with E-state index >= 15 is 0 Å². The van der Waals surface area contributed by atoms with Crippen LogP contribution in [0.15, 0.2) is 47.0 Å². The van der Waals surface area contributed by atoms with E-state index in [1.165, 1.54) is 50.7 Å². The second kappa shape index (κ2) is 8.73. The fourth-order valence-electron chi connectivity index (χ4n) is 4.08. The highest BCUT2D eigenvalue weighted by molar-refractivity contribution is 6.21. The van der Waals surface area contributed by atoms with E-state index in [9.17, 15) is 9.59 Å². The van der Waals surface area contributed by atoms with E-state index in [2.05, 4.69) is 27.4 Å². The van der Waals surface area contributed by atoms with Crippen molar-refractivity contribution in [2.24, 2.45) is 11.3 Å². The number of methoxy groups -OCH3 is 2. The molecule has 0 aromatic rings. The Balaban J connectivity index is 2.07. The van der Waals surface area contributed by atoms with E-state index < -0.39 is 0 Å². The van der Waals surface area contributed by atoms with Crippen molar-refractivity contribution in [1.29, 1.82) is 0 Å². The van der Waals surface area contributed by atoms with Crippen molar-refractivity contribution in [2.75, 3.05) is 14.2 Å². The Labute approximate surface area is 163 Å². The van der Waals surface area contributed by atoms with E-state index in [1.807, 2.05) is 6.08 Å². The van der Waals surface area contributed by atoms with E-state index in [4.69, 9.17) is 9.47 Å². The molecule has 0 N–H and O–H groups in total. The van der Waals surface area contributed by atoms with Gasteiger partial charge in [0.1, 0.15) is 0 Å².